The van der Waals surface area contributed by atoms with Gasteiger partial charge in [0.05, 0.1) is 0 Å². The number of rotatable bonds is 1. The third kappa shape index (κ3) is 1.82. The fraction of sp³-hybridized carbons (Fsp3) is 1.00. The minimum Gasteiger partial charge on any atom is -0.300 e. The topological polar surface area (TPSA) is 3.24 Å². The Balaban J connectivity index is 1.83. The highest BCUT2D eigenvalue weighted by Gasteiger charge is 2.26. The van der Waals surface area contributed by atoms with E-state index >= 15 is 0 Å². The average Bonchev–Trinajstić information content (AvgIpc) is 2.54. The summed E-state index contributed by atoms with van der Waals surface area (Å²) in [5.74, 6) is 0.965. The van der Waals surface area contributed by atoms with Crippen molar-refractivity contribution in [3.63, 3.8) is 0 Å². The Morgan fingerprint density at radius 3 is 2.33 bits per heavy atom. The van der Waals surface area contributed by atoms with Crippen molar-refractivity contribution < 1.29 is 0 Å². The van der Waals surface area contributed by atoms with E-state index in [1.54, 1.807) is 0 Å². The zero-order valence-electron chi connectivity index (χ0n) is 8.26. The van der Waals surface area contributed by atoms with Gasteiger partial charge in [-0.25, -0.2) is 0 Å². The summed E-state index contributed by atoms with van der Waals surface area (Å²) in [5.41, 5.74) is 0. The molecule has 1 atom stereocenters. The number of likely N-dealkylation sites (tertiary alicyclic amines) is 1. The molecule has 1 nitrogen and oxygen atoms in total. The van der Waals surface area contributed by atoms with Gasteiger partial charge in [-0.3, -0.25) is 0 Å². The zero-order chi connectivity index (χ0) is 8.39. The maximum Gasteiger partial charge on any atom is 0.00953 e. The van der Waals surface area contributed by atoms with Crippen LogP contribution >= 0.6 is 0 Å². The molecule has 0 unspecified atom stereocenters. The lowest BCUT2D eigenvalue weighted by molar-refractivity contribution is 0.186. The molecule has 0 aromatic carbocycles. The summed E-state index contributed by atoms with van der Waals surface area (Å²) in [6.45, 7) is 5.15. The van der Waals surface area contributed by atoms with Gasteiger partial charge in [-0.2, -0.15) is 0 Å². The predicted molar refractivity (Wildman–Crippen MR) is 52.2 cm³/mol. The van der Waals surface area contributed by atoms with E-state index in [-0.39, 0.29) is 0 Å². The first-order valence-electron chi connectivity index (χ1n) is 5.60. The Hall–Kier alpha value is -0.0400. The van der Waals surface area contributed by atoms with Crippen molar-refractivity contribution >= 4 is 0 Å². The second-order valence-corrected chi connectivity index (χ2v) is 4.68. The van der Waals surface area contributed by atoms with Crippen LogP contribution in [0.25, 0.3) is 0 Å². The van der Waals surface area contributed by atoms with Crippen molar-refractivity contribution in [2.24, 2.45) is 5.92 Å². The molecule has 0 aromatic rings. The molecule has 0 bridgehead atoms. The van der Waals surface area contributed by atoms with Gasteiger partial charge in [0.1, 0.15) is 0 Å². The quantitative estimate of drug-likeness (QED) is 0.580. The van der Waals surface area contributed by atoms with E-state index in [4.69, 9.17) is 0 Å². The van der Waals surface area contributed by atoms with Gasteiger partial charge in [-0.1, -0.05) is 26.2 Å². The van der Waals surface area contributed by atoms with Crippen molar-refractivity contribution in [2.75, 3.05) is 13.1 Å². The Labute approximate surface area is 76.1 Å². The summed E-state index contributed by atoms with van der Waals surface area (Å²) < 4.78 is 0. The Bertz CT molecular complexity index is 135. The SMILES string of the molecule is C[C@@H]1CCN(C2CCCCC2)C1. The molecule has 1 aliphatic carbocycles. The average molecular weight is 167 g/mol. The highest BCUT2D eigenvalue weighted by Crippen LogP contribution is 2.27. The molecule has 1 saturated carbocycles. The molecular formula is C11H21N. The maximum absolute atomic E-state index is 2.74. The van der Waals surface area contributed by atoms with Crippen molar-refractivity contribution in [3.05, 3.63) is 0 Å². The van der Waals surface area contributed by atoms with Crippen molar-refractivity contribution in [1.29, 1.82) is 0 Å². The summed E-state index contributed by atoms with van der Waals surface area (Å²) >= 11 is 0. The molecule has 1 heterocycles. The van der Waals surface area contributed by atoms with Gasteiger partial charge in [0.2, 0.25) is 0 Å². The third-order valence-corrected chi connectivity index (χ3v) is 3.55. The molecule has 0 spiro atoms. The van der Waals surface area contributed by atoms with E-state index in [0.717, 1.165) is 12.0 Å². The Kier molecular flexibility index (Phi) is 2.69. The Morgan fingerprint density at radius 2 is 1.75 bits per heavy atom. The van der Waals surface area contributed by atoms with Crippen molar-refractivity contribution in [2.45, 2.75) is 51.5 Å². The van der Waals surface area contributed by atoms with Gasteiger partial charge < -0.3 is 4.90 Å². The molecule has 0 aromatic heterocycles. The smallest absolute Gasteiger partial charge is 0.00953 e. The molecule has 0 radical (unpaired) electrons. The van der Waals surface area contributed by atoms with Gasteiger partial charge in [0.15, 0.2) is 0 Å². The first-order valence-corrected chi connectivity index (χ1v) is 5.60. The fourth-order valence-corrected chi connectivity index (χ4v) is 2.75. The molecule has 1 heteroatoms. The van der Waals surface area contributed by atoms with Gasteiger partial charge in [0.25, 0.3) is 0 Å². The lowest BCUT2D eigenvalue weighted by Gasteiger charge is -2.30. The monoisotopic (exact) mass is 167 g/mol. The lowest BCUT2D eigenvalue weighted by atomic mass is 9.94. The molecule has 12 heavy (non-hydrogen) atoms. The van der Waals surface area contributed by atoms with Gasteiger partial charge >= 0.3 is 0 Å². The summed E-state index contributed by atoms with van der Waals surface area (Å²) in [6.07, 6.45) is 8.85. The highest BCUT2D eigenvalue weighted by atomic mass is 15.2. The lowest BCUT2D eigenvalue weighted by Crippen LogP contribution is -2.34. The van der Waals surface area contributed by atoms with Crippen LogP contribution in [-0.2, 0) is 0 Å². The van der Waals surface area contributed by atoms with E-state index in [0.29, 0.717) is 0 Å². The third-order valence-electron chi connectivity index (χ3n) is 3.55. The second kappa shape index (κ2) is 3.78. The molecule has 2 fully saturated rings. The summed E-state index contributed by atoms with van der Waals surface area (Å²) in [7, 11) is 0. The number of hydrogen-bond acceptors (Lipinski definition) is 1. The molecular weight excluding hydrogens is 146 g/mol. The van der Waals surface area contributed by atoms with Gasteiger partial charge in [0, 0.05) is 12.6 Å². The van der Waals surface area contributed by atoms with Crippen LogP contribution in [0.4, 0.5) is 0 Å². The van der Waals surface area contributed by atoms with Crippen molar-refractivity contribution in [3.8, 4) is 0 Å². The first-order chi connectivity index (χ1) is 5.86. The number of hydrogen-bond donors (Lipinski definition) is 0. The van der Waals surface area contributed by atoms with Crippen LogP contribution in [0.3, 0.4) is 0 Å². The van der Waals surface area contributed by atoms with Crippen LogP contribution in [0.15, 0.2) is 0 Å². The van der Waals surface area contributed by atoms with Crippen molar-refractivity contribution in [1.82, 2.24) is 4.90 Å². The largest absolute Gasteiger partial charge is 0.300 e. The Morgan fingerprint density at radius 1 is 1.00 bits per heavy atom. The summed E-state index contributed by atoms with van der Waals surface area (Å²) in [5, 5.41) is 0. The van der Waals surface area contributed by atoms with E-state index in [1.807, 2.05) is 0 Å². The minimum absolute atomic E-state index is 0.962. The van der Waals surface area contributed by atoms with Crippen LogP contribution in [0.2, 0.25) is 0 Å². The van der Waals surface area contributed by atoms with Crippen LogP contribution in [0.5, 0.6) is 0 Å². The number of nitrogens with zero attached hydrogens (tertiary/aromatic N) is 1. The maximum atomic E-state index is 2.74. The van der Waals surface area contributed by atoms with Gasteiger partial charge in [-0.05, 0) is 31.7 Å². The molecule has 1 saturated heterocycles. The molecule has 1 aliphatic heterocycles. The summed E-state index contributed by atoms with van der Waals surface area (Å²) in [4.78, 5) is 2.74. The second-order valence-electron chi connectivity index (χ2n) is 4.68. The molecule has 0 amide bonds. The first kappa shape index (κ1) is 8.55. The van der Waals surface area contributed by atoms with Crippen LogP contribution in [-0.4, -0.2) is 24.0 Å². The molecule has 70 valence electrons. The summed E-state index contributed by atoms with van der Waals surface area (Å²) in [6, 6.07) is 0.962. The van der Waals surface area contributed by atoms with Crippen LogP contribution < -0.4 is 0 Å². The molecule has 2 rings (SSSR count). The molecule has 0 N–H and O–H groups in total. The van der Waals surface area contributed by atoms with E-state index in [1.165, 1.54) is 51.6 Å². The van der Waals surface area contributed by atoms with E-state index in [9.17, 15) is 0 Å². The fourth-order valence-electron chi connectivity index (χ4n) is 2.75. The van der Waals surface area contributed by atoms with E-state index < -0.39 is 0 Å². The normalized spacial score (nSPS) is 34.2. The van der Waals surface area contributed by atoms with Gasteiger partial charge in [-0.15, -0.1) is 0 Å². The standard InChI is InChI=1S/C11H21N/c1-10-7-8-12(9-10)11-5-3-2-4-6-11/h10-11H,2-9H2,1H3/t10-/m1/s1. The highest BCUT2D eigenvalue weighted by molar-refractivity contribution is 4.81. The van der Waals surface area contributed by atoms with E-state index in [2.05, 4.69) is 11.8 Å². The van der Waals surface area contributed by atoms with Crippen LogP contribution in [0.1, 0.15) is 45.4 Å². The van der Waals surface area contributed by atoms with Crippen LogP contribution in [0, 0.1) is 5.92 Å². The predicted octanol–water partition coefficient (Wildman–Crippen LogP) is 2.66. The zero-order valence-corrected chi connectivity index (χ0v) is 8.26. The minimum atomic E-state index is 0.962. The molecule has 2 aliphatic rings.